The quantitative estimate of drug-likeness (QED) is 0.164. The minimum atomic E-state index is -1.48. The molecule has 0 saturated carbocycles. The number of carbonyl (C=O) groups excluding carboxylic acids is 7. The number of aliphatic hydroxyl groups excluding tert-OH is 1. The van der Waals surface area contributed by atoms with Crippen LogP contribution in [-0.2, 0) is 46.4 Å². The topological polar surface area (TPSA) is 235 Å². The van der Waals surface area contributed by atoms with Gasteiger partial charge >= 0.3 is 0 Å². The summed E-state index contributed by atoms with van der Waals surface area (Å²) in [5.41, 5.74) is 1.23. The highest BCUT2D eigenvalue weighted by Crippen LogP contribution is 2.19. The highest BCUT2D eigenvalue weighted by molar-refractivity contribution is 5.97. The molecule has 16 nitrogen and oxygen atoms in total. The highest BCUT2D eigenvalue weighted by atomic mass is 16.3. The van der Waals surface area contributed by atoms with E-state index in [-0.39, 0.29) is 37.5 Å². The smallest absolute Gasteiger partial charge is 0.248 e. The number of phenols is 1. The van der Waals surface area contributed by atoms with Crippen LogP contribution in [0.5, 0.6) is 5.75 Å². The van der Waals surface area contributed by atoms with Gasteiger partial charge in [-0.15, -0.1) is 0 Å². The van der Waals surface area contributed by atoms with E-state index in [2.05, 4.69) is 31.9 Å². The van der Waals surface area contributed by atoms with Gasteiger partial charge < -0.3 is 47.0 Å². The molecule has 2 fully saturated rings. The average molecular weight is 722 g/mol. The summed E-state index contributed by atoms with van der Waals surface area (Å²) in [6, 6.07) is 8.65. The number of carbonyl (C=O) groups is 7. The second-order valence-electron chi connectivity index (χ2n) is 13.0. The van der Waals surface area contributed by atoms with Crippen LogP contribution in [0.15, 0.2) is 54.6 Å². The van der Waals surface area contributed by atoms with Gasteiger partial charge in [0.2, 0.25) is 41.4 Å². The largest absolute Gasteiger partial charge is 0.508 e. The van der Waals surface area contributed by atoms with Crippen molar-refractivity contribution in [2.45, 2.75) is 76.2 Å². The molecule has 4 rings (SSSR count). The summed E-state index contributed by atoms with van der Waals surface area (Å²) in [5, 5.41) is 35.5. The molecular weight excluding hydrogens is 674 g/mol. The van der Waals surface area contributed by atoms with E-state index in [1.807, 2.05) is 6.92 Å². The molecule has 0 aromatic heterocycles. The average Bonchev–Trinajstić information content (AvgIpc) is 3.64. The molecule has 6 atom stereocenters. The lowest BCUT2D eigenvalue weighted by atomic mass is 9.98. The summed E-state index contributed by atoms with van der Waals surface area (Å²) < 4.78 is 0. The second kappa shape index (κ2) is 18.6. The minimum absolute atomic E-state index is 0.0145. The van der Waals surface area contributed by atoms with Gasteiger partial charge in [-0.05, 0) is 42.0 Å². The Balaban J connectivity index is 1.68. The lowest BCUT2D eigenvalue weighted by Gasteiger charge is -2.29. The molecule has 2 heterocycles. The van der Waals surface area contributed by atoms with Crippen LogP contribution in [0.4, 0.5) is 0 Å². The maximum atomic E-state index is 13.9. The van der Waals surface area contributed by atoms with Crippen molar-refractivity contribution in [2.75, 3.05) is 26.2 Å². The minimum Gasteiger partial charge on any atom is -0.508 e. The molecule has 16 heteroatoms. The van der Waals surface area contributed by atoms with Gasteiger partial charge in [-0.2, -0.15) is 0 Å². The molecule has 0 radical (unpaired) electrons. The summed E-state index contributed by atoms with van der Waals surface area (Å²) in [6.45, 7) is 1.88. The Morgan fingerprint density at radius 1 is 0.712 bits per heavy atom. The van der Waals surface area contributed by atoms with Crippen LogP contribution in [0.3, 0.4) is 0 Å². The summed E-state index contributed by atoms with van der Waals surface area (Å²) in [7, 11) is 0. The molecule has 2 aromatic rings. The zero-order chi connectivity index (χ0) is 37.8. The molecule has 280 valence electrons. The molecule has 2 aromatic carbocycles. The van der Waals surface area contributed by atoms with Crippen molar-refractivity contribution in [3.8, 4) is 5.75 Å². The van der Waals surface area contributed by atoms with Gasteiger partial charge in [-0.3, -0.25) is 33.6 Å². The predicted molar refractivity (Wildman–Crippen MR) is 187 cm³/mol. The Kier molecular flexibility index (Phi) is 14.1. The van der Waals surface area contributed by atoms with Crippen LogP contribution in [0.25, 0.3) is 0 Å². The number of phenolic OH excluding ortho intramolecular Hbond substituents is 1. The lowest BCUT2D eigenvalue weighted by Crippen LogP contribution is -2.60. The van der Waals surface area contributed by atoms with E-state index in [1.165, 1.54) is 17.0 Å². The van der Waals surface area contributed by atoms with Crippen LogP contribution in [0.2, 0.25) is 0 Å². The van der Waals surface area contributed by atoms with Gasteiger partial charge in [0.1, 0.15) is 36.0 Å². The van der Waals surface area contributed by atoms with Crippen molar-refractivity contribution in [1.29, 1.82) is 0 Å². The van der Waals surface area contributed by atoms with E-state index in [1.54, 1.807) is 49.4 Å². The summed E-state index contributed by atoms with van der Waals surface area (Å²) in [4.78, 5) is 95.1. The maximum Gasteiger partial charge on any atom is 0.248 e. The van der Waals surface area contributed by atoms with Crippen LogP contribution >= 0.6 is 0 Å². The number of nitrogens with one attached hydrogen (secondary N) is 6. The number of aromatic hydroxyl groups is 1. The number of aliphatic hydroxyl groups is 1. The van der Waals surface area contributed by atoms with Crippen LogP contribution < -0.4 is 31.9 Å². The van der Waals surface area contributed by atoms with Crippen molar-refractivity contribution in [1.82, 2.24) is 36.8 Å². The van der Waals surface area contributed by atoms with E-state index in [9.17, 15) is 43.8 Å². The molecule has 2 aliphatic heterocycles. The lowest BCUT2D eigenvalue weighted by molar-refractivity contribution is -0.143. The Hall–Kier alpha value is -5.51. The molecule has 8 N–H and O–H groups in total. The SMILES string of the molecule is CCC(C)C1NC(=O)CNC(=O)C2CCCN2C(=O)C(CO)NC(=O)C(Cc2ccc(O)cc2)NC(=O)C(Cc2ccccc2)NC(=O)CNC1=O. The van der Waals surface area contributed by atoms with Crippen LogP contribution in [0, 0.1) is 5.92 Å². The molecule has 7 amide bonds. The van der Waals surface area contributed by atoms with Crippen LogP contribution in [0.1, 0.15) is 44.2 Å². The second-order valence-corrected chi connectivity index (χ2v) is 13.0. The van der Waals surface area contributed by atoms with Crippen molar-refractivity contribution in [2.24, 2.45) is 5.92 Å². The van der Waals surface area contributed by atoms with E-state index in [0.29, 0.717) is 24.0 Å². The third-order valence-electron chi connectivity index (χ3n) is 9.24. The molecule has 0 bridgehead atoms. The Labute approximate surface area is 301 Å². The number of hydrogen-bond donors (Lipinski definition) is 8. The standard InChI is InChI=1S/C36H47N7O9/c1-3-21(2)31-35(51)38-18-29(46)39-25(16-22-8-5-4-6-9-22)32(48)40-26(17-23-11-13-24(45)14-12-23)33(49)41-27(20-44)36(52)43-15-7-10-28(43)34(50)37-19-30(47)42-31/h4-6,8-9,11-14,21,25-28,31,44-45H,3,7,10,15-20H2,1-2H3,(H,37,50)(H,38,51)(H,39,46)(H,40,48)(H,41,49)(H,42,47). The zero-order valence-corrected chi connectivity index (χ0v) is 29.2. The number of benzene rings is 2. The van der Waals surface area contributed by atoms with Crippen molar-refractivity contribution in [3.05, 3.63) is 65.7 Å². The number of hydrogen-bond acceptors (Lipinski definition) is 9. The summed E-state index contributed by atoms with van der Waals surface area (Å²) in [5.74, 6) is -5.34. The summed E-state index contributed by atoms with van der Waals surface area (Å²) in [6.07, 6.45) is 1.14. The van der Waals surface area contributed by atoms with Crippen LogP contribution in [-0.4, -0.2) is 113 Å². The van der Waals surface area contributed by atoms with Crippen molar-refractivity contribution >= 4 is 41.4 Å². The Morgan fingerprint density at radius 3 is 1.88 bits per heavy atom. The molecule has 0 spiro atoms. The monoisotopic (exact) mass is 721 g/mol. The molecule has 0 aliphatic carbocycles. The first-order chi connectivity index (χ1) is 24.9. The van der Waals surface area contributed by atoms with Gasteiger partial charge in [0.15, 0.2) is 0 Å². The predicted octanol–water partition coefficient (Wildman–Crippen LogP) is -1.61. The van der Waals surface area contributed by atoms with Gasteiger partial charge in [0.05, 0.1) is 19.7 Å². The number of amides is 7. The first-order valence-corrected chi connectivity index (χ1v) is 17.4. The maximum absolute atomic E-state index is 13.9. The molecule has 2 saturated heterocycles. The summed E-state index contributed by atoms with van der Waals surface area (Å²) >= 11 is 0. The zero-order valence-electron chi connectivity index (χ0n) is 29.2. The fourth-order valence-corrected chi connectivity index (χ4v) is 6.10. The molecular formula is C36H47N7O9. The fourth-order valence-electron chi connectivity index (χ4n) is 6.10. The molecule has 6 unspecified atom stereocenters. The molecule has 2 aliphatic rings. The Bertz CT molecular complexity index is 1600. The Morgan fingerprint density at radius 2 is 1.27 bits per heavy atom. The van der Waals surface area contributed by atoms with E-state index in [0.717, 1.165) is 0 Å². The van der Waals surface area contributed by atoms with E-state index >= 15 is 0 Å². The van der Waals surface area contributed by atoms with E-state index < -0.39 is 91.3 Å². The van der Waals surface area contributed by atoms with Crippen molar-refractivity contribution < 1.29 is 43.8 Å². The first kappa shape index (κ1) is 39.3. The van der Waals surface area contributed by atoms with Gasteiger partial charge in [-0.25, -0.2) is 0 Å². The third-order valence-corrected chi connectivity index (χ3v) is 9.24. The van der Waals surface area contributed by atoms with Gasteiger partial charge in [0, 0.05) is 19.4 Å². The van der Waals surface area contributed by atoms with Gasteiger partial charge in [-0.1, -0.05) is 62.7 Å². The van der Waals surface area contributed by atoms with Crippen molar-refractivity contribution in [3.63, 3.8) is 0 Å². The number of nitrogens with zero attached hydrogens (tertiary/aromatic N) is 1. The first-order valence-electron chi connectivity index (χ1n) is 17.4. The fraction of sp³-hybridized carbons (Fsp3) is 0.472. The van der Waals surface area contributed by atoms with E-state index in [4.69, 9.17) is 0 Å². The normalized spacial score (nSPS) is 24.9. The van der Waals surface area contributed by atoms with Gasteiger partial charge in [0.25, 0.3) is 0 Å². The third kappa shape index (κ3) is 10.7. The number of rotatable bonds is 7. The highest BCUT2D eigenvalue weighted by Gasteiger charge is 2.39. The molecule has 52 heavy (non-hydrogen) atoms. The number of fused-ring (bicyclic) bond motifs is 1.